The van der Waals surface area contributed by atoms with E-state index < -0.39 is 24.1 Å². The molecule has 2 N–H and O–H groups in total. The molecule has 0 radical (unpaired) electrons. The van der Waals surface area contributed by atoms with Crippen LogP contribution in [-0.2, 0) is 9.53 Å². The lowest BCUT2D eigenvalue weighted by Gasteiger charge is -2.09. The fourth-order valence-corrected chi connectivity index (χ4v) is 0.933. The number of esters is 1. The zero-order chi connectivity index (χ0) is 7.72. The first kappa shape index (κ1) is 7.50. The number of hydrogen-bond donors (Lipinski definition) is 2. The molecule has 3 atom stereocenters. The highest BCUT2D eigenvalue weighted by atomic mass is 16.6. The summed E-state index contributed by atoms with van der Waals surface area (Å²) in [7, 11) is 0. The van der Waals surface area contributed by atoms with Crippen molar-refractivity contribution in [1.82, 2.24) is 0 Å². The molecule has 0 saturated carbocycles. The number of ether oxygens (including phenoxy) is 1. The summed E-state index contributed by atoms with van der Waals surface area (Å²) in [5.74, 6) is -0.941. The first-order chi connectivity index (χ1) is 4.66. The first-order valence-electron chi connectivity index (χ1n) is 3.16. The van der Waals surface area contributed by atoms with E-state index in [1.54, 1.807) is 6.92 Å². The Hall–Kier alpha value is -0.610. The van der Waals surface area contributed by atoms with Gasteiger partial charge in [-0.25, -0.2) is 0 Å². The van der Waals surface area contributed by atoms with Gasteiger partial charge in [0.25, 0.3) is 0 Å². The lowest BCUT2D eigenvalue weighted by molar-refractivity contribution is -0.145. The minimum atomic E-state index is -0.850. The van der Waals surface area contributed by atoms with E-state index in [-0.39, 0.29) is 6.61 Å². The SMILES string of the molecule is CC1C(=O)O[C@H](CO)C1O. The molecule has 0 aromatic carbocycles. The molecule has 4 heteroatoms. The fraction of sp³-hybridized carbons (Fsp3) is 0.833. The van der Waals surface area contributed by atoms with E-state index >= 15 is 0 Å². The molecule has 1 fully saturated rings. The maximum Gasteiger partial charge on any atom is 0.311 e. The molecule has 0 bridgehead atoms. The average Bonchev–Trinajstić information content (AvgIpc) is 2.17. The van der Waals surface area contributed by atoms with Crippen LogP contribution in [0.25, 0.3) is 0 Å². The van der Waals surface area contributed by atoms with Crippen LogP contribution in [0, 0.1) is 5.92 Å². The number of rotatable bonds is 1. The topological polar surface area (TPSA) is 66.8 Å². The molecule has 0 amide bonds. The quantitative estimate of drug-likeness (QED) is 0.461. The van der Waals surface area contributed by atoms with Crippen molar-refractivity contribution in [2.75, 3.05) is 6.61 Å². The van der Waals surface area contributed by atoms with E-state index in [2.05, 4.69) is 4.74 Å². The summed E-state index contributed by atoms with van der Waals surface area (Å²) < 4.78 is 4.60. The van der Waals surface area contributed by atoms with Gasteiger partial charge in [-0.1, -0.05) is 0 Å². The Balaban J connectivity index is 2.61. The monoisotopic (exact) mass is 146 g/mol. The molecule has 0 aromatic rings. The van der Waals surface area contributed by atoms with Gasteiger partial charge in [-0.15, -0.1) is 0 Å². The van der Waals surface area contributed by atoms with Crippen LogP contribution in [0.4, 0.5) is 0 Å². The maximum absolute atomic E-state index is 10.7. The Kier molecular flexibility index (Phi) is 1.92. The molecule has 1 saturated heterocycles. The highest BCUT2D eigenvalue weighted by Gasteiger charge is 2.39. The maximum atomic E-state index is 10.7. The normalized spacial score (nSPS) is 39.9. The third kappa shape index (κ3) is 0.998. The molecule has 4 nitrogen and oxygen atoms in total. The van der Waals surface area contributed by atoms with Gasteiger partial charge in [0, 0.05) is 0 Å². The standard InChI is InChI=1S/C6H10O4/c1-3-5(8)4(2-7)10-6(3)9/h3-5,7-8H,2H2,1H3/t3?,4-,5?/m1/s1. The third-order valence-electron chi connectivity index (χ3n) is 1.71. The molecule has 1 rings (SSSR count). The van der Waals surface area contributed by atoms with Crippen molar-refractivity contribution in [2.45, 2.75) is 19.1 Å². The van der Waals surface area contributed by atoms with E-state index in [1.807, 2.05) is 0 Å². The molecular weight excluding hydrogens is 136 g/mol. The molecule has 2 unspecified atom stereocenters. The summed E-state index contributed by atoms with van der Waals surface area (Å²) in [6, 6.07) is 0. The second-order valence-corrected chi connectivity index (χ2v) is 2.44. The van der Waals surface area contributed by atoms with E-state index in [1.165, 1.54) is 0 Å². The Morgan fingerprint density at radius 3 is 2.50 bits per heavy atom. The number of cyclic esters (lactones) is 1. The van der Waals surface area contributed by atoms with E-state index in [4.69, 9.17) is 10.2 Å². The highest BCUT2D eigenvalue weighted by molar-refractivity contribution is 5.75. The van der Waals surface area contributed by atoms with Crippen molar-refractivity contribution >= 4 is 5.97 Å². The minimum absolute atomic E-state index is 0.308. The Bertz CT molecular complexity index is 145. The summed E-state index contributed by atoms with van der Waals surface area (Å²) in [6.45, 7) is 1.26. The number of aliphatic hydroxyl groups excluding tert-OH is 2. The molecule has 10 heavy (non-hydrogen) atoms. The fourth-order valence-electron chi connectivity index (χ4n) is 0.933. The van der Waals surface area contributed by atoms with Gasteiger partial charge in [-0.2, -0.15) is 0 Å². The van der Waals surface area contributed by atoms with Gasteiger partial charge in [0.2, 0.25) is 0 Å². The van der Waals surface area contributed by atoms with Gasteiger partial charge in [-0.3, -0.25) is 4.79 Å². The molecule has 0 aliphatic carbocycles. The molecule has 1 aliphatic heterocycles. The van der Waals surface area contributed by atoms with Crippen LogP contribution in [0.3, 0.4) is 0 Å². The van der Waals surface area contributed by atoms with E-state index in [9.17, 15) is 4.79 Å². The average molecular weight is 146 g/mol. The number of hydrogen-bond acceptors (Lipinski definition) is 4. The van der Waals surface area contributed by atoms with Crippen LogP contribution in [0.15, 0.2) is 0 Å². The van der Waals surface area contributed by atoms with E-state index in [0.717, 1.165) is 0 Å². The van der Waals surface area contributed by atoms with Crippen molar-refractivity contribution in [1.29, 1.82) is 0 Å². The lowest BCUT2D eigenvalue weighted by atomic mass is 10.0. The zero-order valence-corrected chi connectivity index (χ0v) is 5.65. The van der Waals surface area contributed by atoms with Gasteiger partial charge in [-0.05, 0) is 6.92 Å². The van der Waals surface area contributed by atoms with Crippen molar-refractivity contribution in [3.8, 4) is 0 Å². The Labute approximate surface area is 58.4 Å². The predicted octanol–water partition coefficient (Wildman–Crippen LogP) is -1.10. The van der Waals surface area contributed by atoms with Gasteiger partial charge in [0.05, 0.1) is 12.5 Å². The van der Waals surface area contributed by atoms with E-state index in [0.29, 0.717) is 0 Å². The van der Waals surface area contributed by atoms with Crippen LogP contribution in [-0.4, -0.2) is 35.0 Å². The molecule has 58 valence electrons. The number of carbonyl (C=O) groups excluding carboxylic acids is 1. The second-order valence-electron chi connectivity index (χ2n) is 2.44. The zero-order valence-electron chi connectivity index (χ0n) is 5.65. The predicted molar refractivity (Wildman–Crippen MR) is 32.1 cm³/mol. The Morgan fingerprint density at radius 1 is 1.70 bits per heavy atom. The first-order valence-corrected chi connectivity index (χ1v) is 3.16. The van der Waals surface area contributed by atoms with Crippen LogP contribution in [0.1, 0.15) is 6.92 Å². The summed E-state index contributed by atoms with van der Waals surface area (Å²) in [5, 5.41) is 17.7. The molecule has 1 aliphatic rings. The summed E-state index contributed by atoms with van der Waals surface area (Å²) in [4.78, 5) is 10.7. The van der Waals surface area contributed by atoms with Crippen LogP contribution in [0.5, 0.6) is 0 Å². The Morgan fingerprint density at radius 2 is 2.30 bits per heavy atom. The lowest BCUT2D eigenvalue weighted by Crippen LogP contribution is -2.27. The van der Waals surface area contributed by atoms with Crippen molar-refractivity contribution in [3.05, 3.63) is 0 Å². The van der Waals surface area contributed by atoms with Crippen LogP contribution in [0.2, 0.25) is 0 Å². The summed E-state index contributed by atoms with van der Waals surface area (Å²) in [6.07, 6.45) is -1.57. The van der Waals surface area contributed by atoms with Crippen LogP contribution < -0.4 is 0 Å². The van der Waals surface area contributed by atoms with Crippen molar-refractivity contribution < 1.29 is 19.7 Å². The number of carbonyl (C=O) groups is 1. The second kappa shape index (κ2) is 2.56. The van der Waals surface area contributed by atoms with Gasteiger partial charge < -0.3 is 14.9 Å². The molecule has 1 heterocycles. The van der Waals surface area contributed by atoms with Gasteiger partial charge in [0.15, 0.2) is 6.10 Å². The molecule has 0 aromatic heterocycles. The molecule has 0 spiro atoms. The van der Waals surface area contributed by atoms with Gasteiger partial charge in [0.1, 0.15) is 6.10 Å². The van der Waals surface area contributed by atoms with Crippen molar-refractivity contribution in [3.63, 3.8) is 0 Å². The number of aliphatic hydroxyl groups is 2. The largest absolute Gasteiger partial charge is 0.457 e. The third-order valence-corrected chi connectivity index (χ3v) is 1.71. The van der Waals surface area contributed by atoms with Gasteiger partial charge >= 0.3 is 5.97 Å². The van der Waals surface area contributed by atoms with Crippen LogP contribution >= 0.6 is 0 Å². The highest BCUT2D eigenvalue weighted by Crippen LogP contribution is 2.20. The minimum Gasteiger partial charge on any atom is -0.457 e. The summed E-state index contributed by atoms with van der Waals surface area (Å²) >= 11 is 0. The van der Waals surface area contributed by atoms with Crippen molar-refractivity contribution in [2.24, 2.45) is 5.92 Å². The smallest absolute Gasteiger partial charge is 0.311 e. The molecular formula is C6H10O4. The summed E-state index contributed by atoms with van der Waals surface area (Å²) in [5.41, 5.74) is 0.